The fourth-order valence-electron chi connectivity index (χ4n) is 4.41. The molecule has 0 bridgehead atoms. The van der Waals surface area contributed by atoms with Gasteiger partial charge in [0.2, 0.25) is 5.91 Å². The highest BCUT2D eigenvalue weighted by atomic mass is 35.5. The van der Waals surface area contributed by atoms with E-state index in [1.54, 1.807) is 28.0 Å². The number of rotatable bonds is 4. The molecule has 3 aliphatic rings. The Bertz CT molecular complexity index is 1070. The van der Waals surface area contributed by atoms with Crippen LogP contribution in [0.1, 0.15) is 35.4 Å². The van der Waals surface area contributed by atoms with Crippen LogP contribution < -0.4 is 19.9 Å². The number of hydrogen-bond donors (Lipinski definition) is 1. The lowest BCUT2D eigenvalue weighted by Crippen LogP contribution is -2.42. The summed E-state index contributed by atoms with van der Waals surface area (Å²) in [5.41, 5.74) is 1.39. The predicted molar refractivity (Wildman–Crippen MR) is 121 cm³/mol. The number of nitrogens with one attached hydrogen (secondary N) is 1. The zero-order valence-corrected chi connectivity index (χ0v) is 18.8. The van der Waals surface area contributed by atoms with Crippen LogP contribution >= 0.6 is 22.9 Å². The number of hydrogen-bond acceptors (Lipinski definition) is 6. The van der Waals surface area contributed by atoms with E-state index in [1.807, 2.05) is 12.1 Å². The van der Waals surface area contributed by atoms with Gasteiger partial charge in [-0.2, -0.15) is 0 Å². The summed E-state index contributed by atoms with van der Waals surface area (Å²) in [6, 6.07) is 8.54. The topological polar surface area (TPSA) is 88.2 Å². The molecule has 168 valence electrons. The van der Waals surface area contributed by atoms with Gasteiger partial charge in [-0.05, 0) is 37.1 Å². The number of carbonyl (C=O) groups excluding carboxylic acids is 3. The molecule has 2 atom stereocenters. The van der Waals surface area contributed by atoms with Gasteiger partial charge in [-0.15, -0.1) is 11.3 Å². The molecule has 0 radical (unpaired) electrons. The van der Waals surface area contributed by atoms with Gasteiger partial charge in [0.05, 0.1) is 34.1 Å². The van der Waals surface area contributed by atoms with Gasteiger partial charge in [-0.1, -0.05) is 11.6 Å². The molecule has 1 aromatic carbocycles. The Morgan fingerprint density at radius 3 is 2.88 bits per heavy atom. The predicted octanol–water partition coefficient (Wildman–Crippen LogP) is 3.82. The van der Waals surface area contributed by atoms with Gasteiger partial charge in [0.15, 0.2) is 0 Å². The average molecular weight is 476 g/mol. The molecule has 32 heavy (non-hydrogen) atoms. The van der Waals surface area contributed by atoms with Crippen molar-refractivity contribution in [1.29, 1.82) is 0 Å². The van der Waals surface area contributed by atoms with Crippen molar-refractivity contribution in [1.82, 2.24) is 5.32 Å². The summed E-state index contributed by atoms with van der Waals surface area (Å²) in [6.45, 7) is 1.27. The van der Waals surface area contributed by atoms with Crippen molar-refractivity contribution in [2.45, 2.75) is 37.8 Å². The van der Waals surface area contributed by atoms with E-state index in [1.165, 1.54) is 11.3 Å². The van der Waals surface area contributed by atoms with Crippen LogP contribution in [-0.4, -0.2) is 49.7 Å². The SMILES string of the molecule is O=C(NCC1OC(=O)N2c3ccc(N4CCCCC4=O)cc3OCC[C@@H]12)c1ccc(Cl)s1. The highest BCUT2D eigenvalue weighted by molar-refractivity contribution is 7.18. The minimum Gasteiger partial charge on any atom is -0.491 e. The zero-order valence-electron chi connectivity index (χ0n) is 17.2. The van der Waals surface area contributed by atoms with Gasteiger partial charge in [0.25, 0.3) is 5.91 Å². The monoisotopic (exact) mass is 475 g/mol. The Morgan fingerprint density at radius 1 is 1.22 bits per heavy atom. The highest BCUT2D eigenvalue weighted by Gasteiger charge is 2.45. The first-order chi connectivity index (χ1) is 15.5. The van der Waals surface area contributed by atoms with Crippen LogP contribution in [0.15, 0.2) is 30.3 Å². The van der Waals surface area contributed by atoms with E-state index in [-0.39, 0.29) is 24.4 Å². The molecule has 0 saturated carbocycles. The highest BCUT2D eigenvalue weighted by Crippen LogP contribution is 2.40. The maximum Gasteiger partial charge on any atom is 0.415 e. The molecule has 8 nitrogen and oxygen atoms in total. The summed E-state index contributed by atoms with van der Waals surface area (Å²) in [5, 5.41) is 2.83. The maximum absolute atomic E-state index is 12.7. The largest absolute Gasteiger partial charge is 0.491 e. The van der Waals surface area contributed by atoms with Crippen molar-refractivity contribution in [2.75, 3.05) is 29.5 Å². The van der Waals surface area contributed by atoms with Gasteiger partial charge >= 0.3 is 6.09 Å². The number of ether oxygens (including phenoxy) is 2. The third kappa shape index (κ3) is 3.91. The zero-order chi connectivity index (χ0) is 22.2. The molecule has 1 aromatic heterocycles. The van der Waals surface area contributed by atoms with Gasteiger partial charge in [-0.25, -0.2) is 4.79 Å². The summed E-state index contributed by atoms with van der Waals surface area (Å²) in [7, 11) is 0. The molecule has 3 amide bonds. The summed E-state index contributed by atoms with van der Waals surface area (Å²) in [4.78, 5) is 41.3. The van der Waals surface area contributed by atoms with Crippen molar-refractivity contribution in [3.05, 3.63) is 39.5 Å². The van der Waals surface area contributed by atoms with Crippen LogP contribution in [0, 0.1) is 0 Å². The van der Waals surface area contributed by atoms with Crippen molar-refractivity contribution in [2.24, 2.45) is 0 Å². The number of nitrogens with zero attached hydrogens (tertiary/aromatic N) is 2. The minimum atomic E-state index is -0.500. The number of anilines is 2. The molecular weight excluding hydrogens is 454 g/mol. The van der Waals surface area contributed by atoms with Gasteiger partial charge in [0, 0.05) is 31.1 Å². The van der Waals surface area contributed by atoms with Crippen molar-refractivity contribution in [3.8, 4) is 5.75 Å². The fraction of sp³-hybridized carbons (Fsp3) is 0.409. The molecule has 10 heteroatoms. The third-order valence-electron chi connectivity index (χ3n) is 5.98. The Morgan fingerprint density at radius 2 is 2.09 bits per heavy atom. The maximum atomic E-state index is 12.7. The number of amides is 3. The number of fused-ring (bicyclic) bond motifs is 3. The molecule has 2 fully saturated rings. The molecule has 1 unspecified atom stereocenters. The first-order valence-corrected chi connectivity index (χ1v) is 11.8. The van der Waals surface area contributed by atoms with Crippen LogP contribution in [0.3, 0.4) is 0 Å². The second-order valence-electron chi connectivity index (χ2n) is 7.96. The van der Waals surface area contributed by atoms with E-state index in [0.717, 1.165) is 18.5 Å². The summed E-state index contributed by atoms with van der Waals surface area (Å²) >= 11 is 7.10. The number of cyclic esters (lactones) is 1. The molecule has 3 aliphatic heterocycles. The third-order valence-corrected chi connectivity index (χ3v) is 7.21. The van der Waals surface area contributed by atoms with Crippen LogP contribution in [0.25, 0.3) is 0 Å². The number of carbonyl (C=O) groups is 3. The molecular formula is C22H22ClN3O5S. The summed E-state index contributed by atoms with van der Waals surface area (Å²) < 4.78 is 12.1. The lowest BCUT2D eigenvalue weighted by molar-refractivity contribution is -0.119. The molecule has 1 N–H and O–H groups in total. The van der Waals surface area contributed by atoms with Crippen LogP contribution in [-0.2, 0) is 9.53 Å². The van der Waals surface area contributed by atoms with Crippen molar-refractivity contribution < 1.29 is 23.9 Å². The summed E-state index contributed by atoms with van der Waals surface area (Å²) in [6.07, 6.45) is 2.01. The van der Waals surface area contributed by atoms with Crippen molar-refractivity contribution in [3.63, 3.8) is 0 Å². The van der Waals surface area contributed by atoms with E-state index in [0.29, 0.717) is 46.6 Å². The standard InChI is InChI=1S/C22H22ClN3O5S/c23-19-7-6-18(32-19)21(28)24-12-17-15-8-10-30-16-11-13(25-9-2-1-3-20(25)27)4-5-14(16)26(15)22(29)31-17/h4-7,11,15,17H,1-3,8-10,12H2,(H,24,28)/t15-,17?/m0/s1. The number of halogens is 1. The Labute approximate surface area is 194 Å². The van der Waals surface area contributed by atoms with E-state index >= 15 is 0 Å². The first-order valence-electron chi connectivity index (χ1n) is 10.6. The van der Waals surface area contributed by atoms with E-state index in [4.69, 9.17) is 21.1 Å². The lowest BCUT2D eigenvalue weighted by Gasteiger charge is -2.28. The molecule has 5 rings (SSSR count). The fourth-order valence-corrected chi connectivity index (χ4v) is 5.37. The minimum absolute atomic E-state index is 0.103. The van der Waals surface area contributed by atoms with E-state index in [9.17, 15) is 14.4 Å². The normalized spacial score (nSPS) is 22.5. The van der Waals surface area contributed by atoms with Crippen molar-refractivity contribution >= 4 is 52.2 Å². The number of piperidine rings is 1. The molecule has 0 spiro atoms. The molecule has 4 heterocycles. The second-order valence-corrected chi connectivity index (χ2v) is 9.68. The lowest BCUT2D eigenvalue weighted by atomic mass is 10.1. The van der Waals surface area contributed by atoms with Gasteiger partial charge in [0.1, 0.15) is 11.9 Å². The number of thiophene rings is 1. The van der Waals surface area contributed by atoms with Crippen LogP contribution in [0.5, 0.6) is 5.75 Å². The van der Waals surface area contributed by atoms with E-state index < -0.39 is 12.2 Å². The smallest absolute Gasteiger partial charge is 0.415 e. The molecule has 2 saturated heterocycles. The Balaban J connectivity index is 1.33. The quantitative estimate of drug-likeness (QED) is 0.726. The Kier molecular flexibility index (Phi) is 5.69. The molecule has 0 aliphatic carbocycles. The van der Waals surface area contributed by atoms with Gasteiger partial charge in [-0.3, -0.25) is 14.5 Å². The average Bonchev–Trinajstić information content (AvgIpc) is 3.29. The number of benzene rings is 1. The van der Waals surface area contributed by atoms with E-state index in [2.05, 4.69) is 5.32 Å². The van der Waals surface area contributed by atoms with Gasteiger partial charge < -0.3 is 19.7 Å². The first kappa shape index (κ1) is 21.1. The second kappa shape index (κ2) is 8.63. The molecule has 2 aromatic rings. The Hall–Kier alpha value is -2.78. The van der Waals surface area contributed by atoms with Crippen LogP contribution in [0.4, 0.5) is 16.2 Å². The summed E-state index contributed by atoms with van der Waals surface area (Å²) in [5.74, 6) is 0.405. The van der Waals surface area contributed by atoms with Crippen LogP contribution in [0.2, 0.25) is 4.34 Å².